The van der Waals surface area contributed by atoms with Gasteiger partial charge in [-0.15, -0.1) is 11.3 Å². The Labute approximate surface area is 190 Å². The second kappa shape index (κ2) is 8.76. The Morgan fingerprint density at radius 1 is 1.16 bits per heavy atom. The number of aromatic nitrogens is 2. The number of thiophene rings is 1. The Bertz CT molecular complexity index is 1200. The number of nitrogens with one attached hydrogen (secondary N) is 1. The summed E-state index contributed by atoms with van der Waals surface area (Å²) >= 11 is 1.14. The van der Waals surface area contributed by atoms with E-state index in [2.05, 4.69) is 15.5 Å². The average Bonchev–Trinajstić information content (AvgIpc) is 3.44. The normalized spacial score (nSPS) is 20.1. The number of hydrogen-bond acceptors (Lipinski definition) is 7. The molecule has 1 saturated carbocycles. The van der Waals surface area contributed by atoms with Gasteiger partial charge in [0.25, 0.3) is 10.0 Å². The standard InChI is InChI=1S/C22H24N4O4S2/c27-21(23-18-9-2-1-3-10-18)16-8-5-11-26(13-16)32(28,29)19-12-17(14-31-19)20-24-22(30-25-20)15-6-4-7-15/h1-3,9-10,12,14-16H,4-8,11,13H2,(H,23,27)/t16-/m1/s1. The first-order valence-electron chi connectivity index (χ1n) is 10.8. The molecule has 0 spiro atoms. The monoisotopic (exact) mass is 472 g/mol. The summed E-state index contributed by atoms with van der Waals surface area (Å²) in [5, 5.41) is 8.66. The number of carbonyl (C=O) groups excluding carboxylic acids is 1. The number of hydrogen-bond donors (Lipinski definition) is 1. The Morgan fingerprint density at radius 2 is 1.97 bits per heavy atom. The van der Waals surface area contributed by atoms with Gasteiger partial charge in [-0.05, 0) is 43.9 Å². The first-order chi connectivity index (χ1) is 15.5. The van der Waals surface area contributed by atoms with Gasteiger partial charge in [0, 0.05) is 35.6 Å². The third kappa shape index (κ3) is 4.22. The predicted molar refractivity (Wildman–Crippen MR) is 121 cm³/mol. The van der Waals surface area contributed by atoms with E-state index in [-0.39, 0.29) is 22.6 Å². The lowest BCUT2D eigenvalue weighted by atomic mass is 9.85. The SMILES string of the molecule is O=C(Nc1ccccc1)[C@@H]1CCCN(S(=O)(=O)c2cc(-c3noc(C4CCC4)n3)cs2)C1. The fraction of sp³-hybridized carbons (Fsp3) is 0.409. The summed E-state index contributed by atoms with van der Waals surface area (Å²) in [7, 11) is -3.71. The summed E-state index contributed by atoms with van der Waals surface area (Å²) in [4.78, 5) is 17.1. The van der Waals surface area contributed by atoms with Crippen molar-refractivity contribution in [2.24, 2.45) is 5.92 Å². The fourth-order valence-electron chi connectivity index (χ4n) is 4.01. The summed E-state index contributed by atoms with van der Waals surface area (Å²) in [5.74, 6) is 0.831. The van der Waals surface area contributed by atoms with Gasteiger partial charge >= 0.3 is 0 Å². The third-order valence-corrected chi connectivity index (χ3v) is 9.40. The van der Waals surface area contributed by atoms with Gasteiger partial charge in [0.2, 0.25) is 17.6 Å². The van der Waals surface area contributed by atoms with Crippen molar-refractivity contribution in [3.8, 4) is 11.4 Å². The molecule has 1 aromatic carbocycles. The molecule has 5 rings (SSSR count). The molecular formula is C22H24N4O4S2. The molecule has 1 N–H and O–H groups in total. The van der Waals surface area contributed by atoms with E-state index in [1.165, 1.54) is 10.7 Å². The highest BCUT2D eigenvalue weighted by atomic mass is 32.2. The topological polar surface area (TPSA) is 105 Å². The zero-order valence-corrected chi connectivity index (χ0v) is 19.1. The number of anilines is 1. The molecule has 3 heterocycles. The van der Waals surface area contributed by atoms with Crippen molar-refractivity contribution < 1.29 is 17.7 Å². The van der Waals surface area contributed by atoms with E-state index in [4.69, 9.17) is 4.52 Å². The maximum absolute atomic E-state index is 13.3. The van der Waals surface area contributed by atoms with Crippen LogP contribution in [0.25, 0.3) is 11.4 Å². The molecule has 2 aliphatic rings. The van der Waals surface area contributed by atoms with Gasteiger partial charge in [0.15, 0.2) is 0 Å². The Hall–Kier alpha value is -2.56. The molecule has 168 valence electrons. The highest BCUT2D eigenvalue weighted by Gasteiger charge is 2.34. The molecule has 1 saturated heterocycles. The molecular weight excluding hydrogens is 448 g/mol. The van der Waals surface area contributed by atoms with Crippen LogP contribution in [0.2, 0.25) is 0 Å². The molecule has 0 radical (unpaired) electrons. The second-order valence-corrected chi connectivity index (χ2v) is 11.4. The molecule has 1 aliphatic carbocycles. The van der Waals surface area contributed by atoms with Crippen LogP contribution in [0.4, 0.5) is 5.69 Å². The highest BCUT2D eigenvalue weighted by Crippen LogP contribution is 2.37. The first kappa shape index (κ1) is 21.3. The summed E-state index contributed by atoms with van der Waals surface area (Å²) in [5.41, 5.74) is 1.35. The van der Waals surface area contributed by atoms with Crippen molar-refractivity contribution in [2.75, 3.05) is 18.4 Å². The molecule has 2 fully saturated rings. The maximum Gasteiger partial charge on any atom is 0.252 e. The summed E-state index contributed by atoms with van der Waals surface area (Å²) < 4.78 is 33.5. The molecule has 10 heteroatoms. The number of sulfonamides is 1. The molecule has 32 heavy (non-hydrogen) atoms. The number of piperidine rings is 1. The van der Waals surface area contributed by atoms with Crippen molar-refractivity contribution in [2.45, 2.75) is 42.2 Å². The molecule has 2 aromatic heterocycles. The third-order valence-electron chi connectivity index (χ3n) is 6.12. The van der Waals surface area contributed by atoms with E-state index in [1.807, 2.05) is 30.3 Å². The van der Waals surface area contributed by atoms with Crippen LogP contribution in [0.15, 0.2) is 50.5 Å². The van der Waals surface area contributed by atoms with Crippen LogP contribution in [0.1, 0.15) is 43.9 Å². The van der Waals surface area contributed by atoms with Crippen LogP contribution >= 0.6 is 11.3 Å². The second-order valence-electron chi connectivity index (χ2n) is 8.30. The van der Waals surface area contributed by atoms with Crippen LogP contribution < -0.4 is 5.32 Å². The zero-order valence-electron chi connectivity index (χ0n) is 17.4. The quantitative estimate of drug-likeness (QED) is 0.579. The Morgan fingerprint density at radius 3 is 2.72 bits per heavy atom. The summed E-state index contributed by atoms with van der Waals surface area (Å²) in [6.07, 6.45) is 4.58. The van der Waals surface area contributed by atoms with E-state index >= 15 is 0 Å². The number of carbonyl (C=O) groups is 1. The lowest BCUT2D eigenvalue weighted by Crippen LogP contribution is -2.43. The Kier molecular flexibility index (Phi) is 5.83. The van der Waals surface area contributed by atoms with Gasteiger partial charge in [0.05, 0.1) is 5.92 Å². The van der Waals surface area contributed by atoms with Crippen LogP contribution in [0.5, 0.6) is 0 Å². The van der Waals surface area contributed by atoms with Crippen molar-refractivity contribution in [1.82, 2.24) is 14.4 Å². The summed E-state index contributed by atoms with van der Waals surface area (Å²) in [6, 6.07) is 10.8. The lowest BCUT2D eigenvalue weighted by Gasteiger charge is -2.30. The van der Waals surface area contributed by atoms with E-state index in [0.29, 0.717) is 48.3 Å². The molecule has 0 unspecified atom stereocenters. The van der Waals surface area contributed by atoms with Gasteiger partial charge in [-0.3, -0.25) is 4.79 Å². The van der Waals surface area contributed by atoms with Crippen LogP contribution in [0.3, 0.4) is 0 Å². The lowest BCUT2D eigenvalue weighted by molar-refractivity contribution is -0.120. The van der Waals surface area contributed by atoms with Gasteiger partial charge in [-0.1, -0.05) is 29.8 Å². The smallest absolute Gasteiger partial charge is 0.252 e. The van der Waals surface area contributed by atoms with Gasteiger partial charge in [-0.25, -0.2) is 8.42 Å². The van der Waals surface area contributed by atoms with E-state index in [9.17, 15) is 13.2 Å². The minimum atomic E-state index is -3.71. The van der Waals surface area contributed by atoms with Crippen molar-refractivity contribution in [3.63, 3.8) is 0 Å². The van der Waals surface area contributed by atoms with Crippen molar-refractivity contribution in [1.29, 1.82) is 0 Å². The first-order valence-corrected chi connectivity index (χ1v) is 13.1. The van der Waals surface area contributed by atoms with E-state index in [1.54, 1.807) is 11.4 Å². The molecule has 1 amide bonds. The van der Waals surface area contributed by atoms with Gasteiger partial charge in [-0.2, -0.15) is 9.29 Å². The number of benzene rings is 1. The van der Waals surface area contributed by atoms with Crippen molar-refractivity contribution >= 4 is 33.0 Å². The summed E-state index contributed by atoms with van der Waals surface area (Å²) in [6.45, 7) is 0.570. The van der Waals surface area contributed by atoms with E-state index in [0.717, 1.165) is 24.2 Å². The molecule has 1 aliphatic heterocycles. The zero-order chi connectivity index (χ0) is 22.1. The number of amides is 1. The highest BCUT2D eigenvalue weighted by molar-refractivity contribution is 7.91. The number of rotatable bonds is 6. The van der Waals surface area contributed by atoms with E-state index < -0.39 is 10.0 Å². The van der Waals surface area contributed by atoms with Gasteiger partial charge in [0.1, 0.15) is 4.21 Å². The predicted octanol–water partition coefficient (Wildman–Crippen LogP) is 4.11. The maximum atomic E-state index is 13.3. The fourth-order valence-corrected chi connectivity index (χ4v) is 6.84. The van der Waals surface area contributed by atoms with Crippen LogP contribution in [0, 0.1) is 5.92 Å². The number of para-hydroxylation sites is 1. The van der Waals surface area contributed by atoms with Crippen molar-refractivity contribution in [3.05, 3.63) is 47.7 Å². The Balaban J connectivity index is 1.28. The molecule has 1 atom stereocenters. The van der Waals surface area contributed by atoms with Gasteiger partial charge < -0.3 is 9.84 Å². The molecule has 3 aromatic rings. The molecule has 0 bridgehead atoms. The largest absolute Gasteiger partial charge is 0.339 e. The average molecular weight is 473 g/mol. The minimum Gasteiger partial charge on any atom is -0.339 e. The minimum absolute atomic E-state index is 0.154. The van der Waals surface area contributed by atoms with Crippen LogP contribution in [-0.2, 0) is 14.8 Å². The van der Waals surface area contributed by atoms with Crippen LogP contribution in [-0.4, -0.2) is 41.9 Å². The number of nitrogens with zero attached hydrogens (tertiary/aromatic N) is 3. The molecule has 8 nitrogen and oxygen atoms in total.